The zero-order valence-corrected chi connectivity index (χ0v) is 20.3. The van der Waals surface area contributed by atoms with E-state index >= 15 is 0 Å². The van der Waals surface area contributed by atoms with E-state index in [4.69, 9.17) is 15.0 Å². The Hall–Kier alpha value is -3.31. The lowest BCUT2D eigenvalue weighted by atomic mass is 9.76. The summed E-state index contributed by atoms with van der Waals surface area (Å²) in [4.78, 5) is 43.7. The Bertz CT molecular complexity index is 1150. The standard InChI is InChI=1S/C25H32N6O5/c1-14-2-4-15(5-3-14)21(30-22(32)16-13-36-31-19(16)11-26)23(33)29-20-10-18-17(12-27-20)25(24(34)28-18)6-8-35-9-7-25/h10,12-15,21H,2-9,11,26H2,1H3,(H,28,34)(H,30,32)(H,27,29,33)/t14?,15?,21-/m0/s1. The van der Waals surface area contributed by atoms with Crippen molar-refractivity contribution in [3.05, 3.63) is 35.3 Å². The summed E-state index contributed by atoms with van der Waals surface area (Å²) in [6.07, 6.45) is 7.72. The lowest BCUT2D eigenvalue weighted by Crippen LogP contribution is -2.49. The molecule has 36 heavy (non-hydrogen) atoms. The van der Waals surface area contributed by atoms with E-state index in [2.05, 4.69) is 33.0 Å². The van der Waals surface area contributed by atoms with Gasteiger partial charge in [-0.1, -0.05) is 24.9 Å². The molecule has 1 atom stereocenters. The monoisotopic (exact) mass is 496 g/mol. The molecule has 2 aromatic rings. The Kier molecular flexibility index (Phi) is 6.76. The van der Waals surface area contributed by atoms with Crippen LogP contribution in [0.25, 0.3) is 0 Å². The van der Waals surface area contributed by atoms with Crippen LogP contribution in [0.5, 0.6) is 0 Å². The smallest absolute Gasteiger partial charge is 0.257 e. The van der Waals surface area contributed by atoms with E-state index in [1.807, 2.05) is 0 Å². The van der Waals surface area contributed by atoms with Crippen molar-refractivity contribution in [2.45, 2.75) is 63.5 Å². The topological polar surface area (TPSA) is 161 Å². The number of nitrogens with zero attached hydrogens (tertiary/aromatic N) is 2. The Morgan fingerprint density at radius 2 is 2.00 bits per heavy atom. The number of rotatable bonds is 6. The average molecular weight is 497 g/mol. The highest BCUT2D eigenvalue weighted by atomic mass is 16.5. The molecule has 5 N–H and O–H groups in total. The molecule has 1 saturated carbocycles. The van der Waals surface area contributed by atoms with Crippen LogP contribution in [-0.4, -0.2) is 47.1 Å². The van der Waals surface area contributed by atoms with Gasteiger partial charge in [-0.2, -0.15) is 0 Å². The molecule has 3 amide bonds. The van der Waals surface area contributed by atoms with Crippen molar-refractivity contribution in [3.63, 3.8) is 0 Å². The second kappa shape index (κ2) is 9.98. The summed E-state index contributed by atoms with van der Waals surface area (Å²) in [6, 6.07) is 0.918. The van der Waals surface area contributed by atoms with Crippen molar-refractivity contribution >= 4 is 29.2 Å². The Morgan fingerprint density at radius 3 is 2.72 bits per heavy atom. The Balaban J connectivity index is 1.35. The van der Waals surface area contributed by atoms with Crippen LogP contribution in [0, 0.1) is 11.8 Å². The van der Waals surface area contributed by atoms with E-state index in [0.29, 0.717) is 49.2 Å². The average Bonchev–Trinajstić information content (AvgIpc) is 3.46. The van der Waals surface area contributed by atoms with Crippen LogP contribution in [0.2, 0.25) is 0 Å². The third-order valence-corrected chi connectivity index (χ3v) is 7.88. The maximum atomic E-state index is 13.5. The fourth-order valence-electron chi connectivity index (χ4n) is 5.62. The van der Waals surface area contributed by atoms with Crippen molar-refractivity contribution in [2.75, 3.05) is 23.8 Å². The number of carbonyl (C=O) groups excluding carboxylic acids is 3. The first-order valence-electron chi connectivity index (χ1n) is 12.6. The summed E-state index contributed by atoms with van der Waals surface area (Å²) < 4.78 is 10.4. The number of anilines is 2. The summed E-state index contributed by atoms with van der Waals surface area (Å²) >= 11 is 0. The third kappa shape index (κ3) is 4.48. The molecule has 11 nitrogen and oxygen atoms in total. The zero-order valence-electron chi connectivity index (χ0n) is 20.3. The summed E-state index contributed by atoms with van der Waals surface area (Å²) in [6.45, 7) is 3.29. The van der Waals surface area contributed by atoms with Crippen molar-refractivity contribution in [2.24, 2.45) is 17.6 Å². The minimum Gasteiger partial charge on any atom is -0.381 e. The Labute approximate surface area is 208 Å². The number of nitrogens with one attached hydrogen (secondary N) is 3. The van der Waals surface area contributed by atoms with Crippen LogP contribution in [0.4, 0.5) is 11.5 Å². The molecular weight excluding hydrogens is 464 g/mol. The highest BCUT2D eigenvalue weighted by Crippen LogP contribution is 2.44. The van der Waals surface area contributed by atoms with Crippen LogP contribution >= 0.6 is 0 Å². The molecule has 2 aliphatic heterocycles. The van der Waals surface area contributed by atoms with E-state index in [9.17, 15) is 14.4 Å². The van der Waals surface area contributed by atoms with Gasteiger partial charge in [-0.25, -0.2) is 4.98 Å². The van der Waals surface area contributed by atoms with Gasteiger partial charge in [0, 0.05) is 37.6 Å². The summed E-state index contributed by atoms with van der Waals surface area (Å²) in [7, 11) is 0. The molecule has 4 heterocycles. The first-order valence-corrected chi connectivity index (χ1v) is 12.6. The number of aromatic nitrogens is 2. The summed E-state index contributed by atoms with van der Waals surface area (Å²) in [5.41, 5.74) is 7.08. The van der Waals surface area contributed by atoms with Crippen LogP contribution in [0.3, 0.4) is 0 Å². The Morgan fingerprint density at radius 1 is 1.25 bits per heavy atom. The number of ether oxygens (including phenoxy) is 1. The van der Waals surface area contributed by atoms with E-state index < -0.39 is 17.4 Å². The molecule has 2 aromatic heterocycles. The highest BCUT2D eigenvalue weighted by molar-refractivity contribution is 6.07. The lowest BCUT2D eigenvalue weighted by Gasteiger charge is -2.32. The van der Waals surface area contributed by atoms with Crippen molar-refractivity contribution in [3.8, 4) is 0 Å². The quantitative estimate of drug-likeness (QED) is 0.473. The third-order valence-electron chi connectivity index (χ3n) is 7.88. The van der Waals surface area contributed by atoms with Crippen LogP contribution < -0.4 is 21.7 Å². The van der Waals surface area contributed by atoms with Gasteiger partial charge in [0.25, 0.3) is 5.91 Å². The molecule has 3 aliphatic rings. The maximum Gasteiger partial charge on any atom is 0.257 e. The van der Waals surface area contributed by atoms with Crippen molar-refractivity contribution in [1.29, 1.82) is 0 Å². The summed E-state index contributed by atoms with van der Waals surface area (Å²) in [5, 5.41) is 12.5. The van der Waals surface area contributed by atoms with Gasteiger partial charge in [-0.15, -0.1) is 0 Å². The zero-order chi connectivity index (χ0) is 25.3. The number of fused-ring (bicyclic) bond motifs is 2. The molecule has 0 bridgehead atoms. The van der Waals surface area contributed by atoms with Gasteiger partial charge in [0.2, 0.25) is 11.8 Å². The van der Waals surface area contributed by atoms with Gasteiger partial charge in [0.15, 0.2) is 0 Å². The fraction of sp³-hybridized carbons (Fsp3) is 0.560. The van der Waals surface area contributed by atoms with Crippen LogP contribution in [0.1, 0.15) is 67.1 Å². The molecule has 1 aliphatic carbocycles. The fourth-order valence-corrected chi connectivity index (χ4v) is 5.62. The van der Waals surface area contributed by atoms with Crippen molar-refractivity contribution in [1.82, 2.24) is 15.5 Å². The number of carbonyl (C=O) groups is 3. The molecule has 1 saturated heterocycles. The molecule has 1 spiro atoms. The van der Waals surface area contributed by atoms with Crippen molar-refractivity contribution < 1.29 is 23.6 Å². The number of hydrogen-bond acceptors (Lipinski definition) is 8. The minimum absolute atomic E-state index is 0.0222. The van der Waals surface area contributed by atoms with E-state index in [1.54, 1.807) is 12.3 Å². The second-order valence-electron chi connectivity index (χ2n) is 10.1. The summed E-state index contributed by atoms with van der Waals surface area (Å²) in [5.74, 6) is 0.0153. The number of pyridine rings is 1. The first kappa shape index (κ1) is 24.4. The molecule has 11 heteroatoms. The van der Waals surface area contributed by atoms with E-state index in [0.717, 1.165) is 31.2 Å². The molecule has 0 radical (unpaired) electrons. The van der Waals surface area contributed by atoms with Gasteiger partial charge in [0.1, 0.15) is 29.4 Å². The SMILES string of the molecule is CC1CCC([C@H](NC(=O)c2conc2CN)C(=O)Nc2cc3c(cn2)C2(CCOCC2)C(=O)N3)CC1. The van der Waals surface area contributed by atoms with Gasteiger partial charge in [-0.3, -0.25) is 14.4 Å². The molecule has 2 fully saturated rings. The normalized spacial score (nSPS) is 23.6. The van der Waals surface area contributed by atoms with Crippen LogP contribution in [-0.2, 0) is 26.3 Å². The molecule has 192 valence electrons. The number of nitrogens with two attached hydrogens (primary N) is 1. The minimum atomic E-state index is -0.767. The maximum absolute atomic E-state index is 13.5. The van der Waals surface area contributed by atoms with Crippen LogP contribution in [0.15, 0.2) is 23.0 Å². The van der Waals surface area contributed by atoms with Gasteiger partial charge >= 0.3 is 0 Å². The van der Waals surface area contributed by atoms with Gasteiger partial charge in [-0.05, 0) is 37.5 Å². The highest BCUT2D eigenvalue weighted by Gasteiger charge is 2.48. The largest absolute Gasteiger partial charge is 0.381 e. The van der Waals surface area contributed by atoms with E-state index in [-0.39, 0.29) is 29.8 Å². The van der Waals surface area contributed by atoms with E-state index in [1.165, 1.54) is 6.26 Å². The van der Waals surface area contributed by atoms with Gasteiger partial charge < -0.3 is 30.9 Å². The molecule has 0 aromatic carbocycles. The number of hydrogen-bond donors (Lipinski definition) is 4. The molecule has 5 rings (SSSR count). The first-order chi connectivity index (χ1) is 17.4. The second-order valence-corrected chi connectivity index (χ2v) is 10.1. The molecule has 0 unspecified atom stereocenters. The molecular formula is C25H32N6O5. The predicted octanol–water partition coefficient (Wildman–Crippen LogP) is 2.09. The lowest BCUT2D eigenvalue weighted by molar-refractivity contribution is -0.124. The van der Waals surface area contributed by atoms with Gasteiger partial charge in [0.05, 0.1) is 11.1 Å². The number of amides is 3. The predicted molar refractivity (Wildman–Crippen MR) is 130 cm³/mol.